The molecule has 3 heterocycles. The summed E-state index contributed by atoms with van der Waals surface area (Å²) in [6.07, 6.45) is 4.94. The van der Waals surface area contributed by atoms with Gasteiger partial charge in [-0.05, 0) is 6.07 Å². The molecular weight excluding hydrogens is 284 g/mol. The molecule has 1 aromatic heterocycles. The number of nitrogens with one attached hydrogen (secondary N) is 1. The fraction of sp³-hybridized carbons (Fsp3) is 0.364. The lowest BCUT2D eigenvalue weighted by molar-refractivity contribution is 0.376. The van der Waals surface area contributed by atoms with Crippen molar-refractivity contribution in [3.63, 3.8) is 0 Å². The molecule has 0 amide bonds. The first-order valence-electron chi connectivity index (χ1n) is 5.74. The Labute approximate surface area is 115 Å². The van der Waals surface area contributed by atoms with Crippen LogP contribution in [0.15, 0.2) is 29.6 Å². The Balaban J connectivity index is 1.81. The maximum absolute atomic E-state index is 11.6. The van der Waals surface area contributed by atoms with E-state index in [4.69, 9.17) is 5.41 Å². The van der Waals surface area contributed by atoms with Gasteiger partial charge in [0.1, 0.15) is 0 Å². The number of thioether (sulfide) groups is 1. The first-order valence-corrected chi connectivity index (χ1v) is 8.44. The predicted molar refractivity (Wildman–Crippen MR) is 75.2 cm³/mol. The summed E-state index contributed by atoms with van der Waals surface area (Å²) in [4.78, 5) is 3.97. The number of fused-ring (bicyclic) bond motifs is 1. The number of nitrogens with zero attached hydrogens (tertiary/aromatic N) is 3. The van der Waals surface area contributed by atoms with Crippen molar-refractivity contribution in [1.29, 1.82) is 5.41 Å². The number of sulfone groups is 1. The lowest BCUT2D eigenvalue weighted by Gasteiger charge is -2.17. The Hall–Kier alpha value is -1.41. The number of amidine groups is 1. The van der Waals surface area contributed by atoms with Crippen LogP contribution < -0.4 is 0 Å². The summed E-state index contributed by atoms with van der Waals surface area (Å²) < 4.78 is 23.2. The molecule has 0 spiro atoms. The minimum Gasteiger partial charge on any atom is -0.277 e. The third-order valence-electron chi connectivity index (χ3n) is 3.07. The smallest absolute Gasteiger partial charge is 0.177 e. The Bertz CT molecular complexity index is 629. The van der Waals surface area contributed by atoms with E-state index >= 15 is 0 Å². The fourth-order valence-corrected chi connectivity index (χ4v) is 5.92. The first kappa shape index (κ1) is 12.6. The van der Waals surface area contributed by atoms with Gasteiger partial charge in [-0.15, -0.1) is 0 Å². The van der Waals surface area contributed by atoms with E-state index in [2.05, 4.69) is 10.1 Å². The standard InChI is InChI=1S/C11H12N4O2S2/c12-11-15(14-5-8-2-1-3-13-4-8)9-6-19(16,17)7-10(9)18-11/h1-5,9-10,12H,6-7H2. The van der Waals surface area contributed by atoms with Gasteiger partial charge in [-0.3, -0.25) is 10.4 Å². The van der Waals surface area contributed by atoms with Crippen LogP contribution in [0.4, 0.5) is 0 Å². The maximum Gasteiger partial charge on any atom is 0.177 e. The molecule has 1 aromatic rings. The average molecular weight is 296 g/mol. The van der Waals surface area contributed by atoms with E-state index in [9.17, 15) is 8.42 Å². The lowest BCUT2D eigenvalue weighted by Crippen LogP contribution is -2.32. The van der Waals surface area contributed by atoms with Gasteiger partial charge in [-0.25, -0.2) is 13.4 Å². The number of hydrogen-bond acceptors (Lipinski definition) is 6. The van der Waals surface area contributed by atoms with Crippen molar-refractivity contribution in [2.24, 2.45) is 5.10 Å². The normalized spacial score (nSPS) is 29.1. The Morgan fingerprint density at radius 2 is 2.37 bits per heavy atom. The molecule has 19 heavy (non-hydrogen) atoms. The summed E-state index contributed by atoms with van der Waals surface area (Å²) in [5.41, 5.74) is 0.824. The fourth-order valence-electron chi connectivity index (χ4n) is 2.20. The third kappa shape index (κ3) is 2.50. The molecule has 0 aliphatic carbocycles. The summed E-state index contributed by atoms with van der Waals surface area (Å²) in [5.74, 6) is 0.223. The largest absolute Gasteiger partial charge is 0.277 e. The van der Waals surface area contributed by atoms with Crippen LogP contribution in [0.25, 0.3) is 0 Å². The van der Waals surface area contributed by atoms with Crippen molar-refractivity contribution in [3.8, 4) is 0 Å². The molecular formula is C11H12N4O2S2. The SMILES string of the molecule is N=C1SC2CS(=O)(=O)CC2N1N=Cc1cccnc1. The minimum atomic E-state index is -2.99. The van der Waals surface area contributed by atoms with Crippen molar-refractivity contribution >= 4 is 33.0 Å². The van der Waals surface area contributed by atoms with Crippen molar-refractivity contribution < 1.29 is 8.42 Å². The Morgan fingerprint density at radius 3 is 3.11 bits per heavy atom. The Kier molecular flexibility index (Phi) is 3.06. The summed E-state index contributed by atoms with van der Waals surface area (Å²) >= 11 is 1.28. The van der Waals surface area contributed by atoms with Crippen molar-refractivity contribution in [1.82, 2.24) is 9.99 Å². The number of aromatic nitrogens is 1. The van der Waals surface area contributed by atoms with E-state index in [1.165, 1.54) is 16.8 Å². The van der Waals surface area contributed by atoms with Gasteiger partial charge in [0.25, 0.3) is 0 Å². The van der Waals surface area contributed by atoms with Gasteiger partial charge in [0.05, 0.1) is 23.8 Å². The molecule has 6 nitrogen and oxygen atoms in total. The second-order valence-electron chi connectivity index (χ2n) is 4.48. The first-order chi connectivity index (χ1) is 9.05. The van der Waals surface area contributed by atoms with Crippen LogP contribution in [0.3, 0.4) is 0 Å². The highest BCUT2D eigenvalue weighted by Gasteiger charge is 2.48. The highest BCUT2D eigenvalue weighted by molar-refractivity contribution is 8.15. The molecule has 2 aliphatic heterocycles. The van der Waals surface area contributed by atoms with Gasteiger partial charge in [0, 0.05) is 23.2 Å². The zero-order valence-electron chi connectivity index (χ0n) is 9.93. The van der Waals surface area contributed by atoms with Crippen LogP contribution in [0.5, 0.6) is 0 Å². The number of pyridine rings is 1. The van der Waals surface area contributed by atoms with Crippen LogP contribution in [0, 0.1) is 5.41 Å². The molecule has 0 bridgehead atoms. The summed E-state index contributed by atoms with van der Waals surface area (Å²) in [6.45, 7) is 0. The lowest BCUT2D eigenvalue weighted by atomic mass is 10.2. The minimum absolute atomic E-state index is 0.0662. The van der Waals surface area contributed by atoms with Gasteiger partial charge in [0.2, 0.25) is 0 Å². The molecule has 100 valence electrons. The quantitative estimate of drug-likeness (QED) is 0.806. The molecule has 3 rings (SSSR count). The molecule has 2 atom stereocenters. The summed E-state index contributed by atoms with van der Waals surface area (Å²) in [7, 11) is -2.99. The molecule has 0 radical (unpaired) electrons. The zero-order valence-corrected chi connectivity index (χ0v) is 11.6. The van der Waals surface area contributed by atoms with E-state index in [0.29, 0.717) is 5.17 Å². The maximum atomic E-state index is 11.6. The van der Waals surface area contributed by atoms with Crippen molar-refractivity contribution in [2.75, 3.05) is 11.5 Å². The summed E-state index contributed by atoms with van der Waals surface area (Å²) in [5, 5.41) is 13.9. The molecule has 2 unspecified atom stereocenters. The van der Waals surface area contributed by atoms with Gasteiger partial charge in [-0.2, -0.15) is 5.10 Å². The van der Waals surface area contributed by atoms with E-state index < -0.39 is 9.84 Å². The monoisotopic (exact) mass is 296 g/mol. The molecule has 2 aliphatic rings. The molecule has 0 aromatic carbocycles. The van der Waals surface area contributed by atoms with Crippen LogP contribution >= 0.6 is 11.8 Å². The number of hydrazone groups is 1. The molecule has 8 heteroatoms. The Morgan fingerprint density at radius 1 is 1.53 bits per heavy atom. The molecule has 0 saturated carbocycles. The van der Waals surface area contributed by atoms with Gasteiger partial charge >= 0.3 is 0 Å². The average Bonchev–Trinajstić information content (AvgIpc) is 2.79. The van der Waals surface area contributed by atoms with E-state index in [0.717, 1.165) is 5.56 Å². The van der Waals surface area contributed by atoms with Gasteiger partial charge in [0.15, 0.2) is 15.0 Å². The predicted octanol–water partition coefficient (Wildman–Crippen LogP) is 0.565. The molecule has 2 saturated heterocycles. The van der Waals surface area contributed by atoms with E-state index in [-0.39, 0.29) is 22.8 Å². The molecule has 2 fully saturated rings. The highest BCUT2D eigenvalue weighted by Crippen LogP contribution is 2.37. The topological polar surface area (TPSA) is 86.5 Å². The zero-order chi connectivity index (χ0) is 13.5. The highest BCUT2D eigenvalue weighted by atomic mass is 32.2. The van der Waals surface area contributed by atoms with Crippen molar-refractivity contribution in [2.45, 2.75) is 11.3 Å². The van der Waals surface area contributed by atoms with Gasteiger partial charge in [-0.1, -0.05) is 17.8 Å². The third-order valence-corrected chi connectivity index (χ3v) is 6.19. The van der Waals surface area contributed by atoms with Crippen molar-refractivity contribution in [3.05, 3.63) is 30.1 Å². The van der Waals surface area contributed by atoms with E-state index in [1.807, 2.05) is 6.07 Å². The van der Waals surface area contributed by atoms with Crippen LogP contribution in [-0.2, 0) is 9.84 Å². The van der Waals surface area contributed by atoms with Crippen LogP contribution in [0.1, 0.15) is 5.56 Å². The van der Waals surface area contributed by atoms with Crippen LogP contribution in [0.2, 0.25) is 0 Å². The van der Waals surface area contributed by atoms with Gasteiger partial charge < -0.3 is 0 Å². The number of hydrogen-bond donors (Lipinski definition) is 1. The number of rotatable bonds is 2. The van der Waals surface area contributed by atoms with E-state index in [1.54, 1.807) is 24.7 Å². The summed E-state index contributed by atoms with van der Waals surface area (Å²) in [6, 6.07) is 3.44. The van der Waals surface area contributed by atoms with Crippen LogP contribution in [-0.4, -0.2) is 52.6 Å². The second kappa shape index (κ2) is 4.61. The second-order valence-corrected chi connectivity index (χ2v) is 7.86. The molecule has 1 N–H and O–H groups in total.